The Hall–Kier alpha value is -2.12. The third-order valence-electron chi connectivity index (χ3n) is 4.95. The molecule has 0 aliphatic heterocycles. The average molecular weight is 479 g/mol. The van der Waals surface area contributed by atoms with Crippen molar-refractivity contribution in [2.45, 2.75) is 46.1 Å². The van der Waals surface area contributed by atoms with Gasteiger partial charge in [-0.25, -0.2) is 4.98 Å². The highest BCUT2D eigenvalue weighted by atomic mass is 35.5. The van der Waals surface area contributed by atoms with Crippen molar-refractivity contribution in [1.29, 1.82) is 0 Å². The molecule has 0 fully saturated rings. The van der Waals surface area contributed by atoms with Gasteiger partial charge in [-0.15, -0.1) is 11.3 Å². The molecule has 0 aliphatic rings. The van der Waals surface area contributed by atoms with Gasteiger partial charge in [0.25, 0.3) is 5.91 Å². The molecule has 0 spiro atoms. The van der Waals surface area contributed by atoms with E-state index in [2.05, 4.69) is 4.98 Å². The summed E-state index contributed by atoms with van der Waals surface area (Å²) in [4.78, 5) is 19.4. The number of thiazole rings is 1. The molecule has 3 rings (SSSR count). The van der Waals surface area contributed by atoms with E-state index in [1.54, 1.807) is 41.8 Å². The normalized spacial score (nSPS) is 11.9. The Labute approximate surface area is 196 Å². The molecule has 0 radical (unpaired) electrons. The third-order valence-corrected chi connectivity index (χ3v) is 6.31. The summed E-state index contributed by atoms with van der Waals surface area (Å²) in [5.74, 6) is 0.562. The van der Waals surface area contributed by atoms with Crippen molar-refractivity contribution in [2.24, 2.45) is 0 Å². The Balaban J connectivity index is 1.83. The van der Waals surface area contributed by atoms with Crippen molar-refractivity contribution in [3.8, 4) is 5.75 Å². The fraction of sp³-hybridized carbons (Fsp3) is 0.304. The maximum Gasteiger partial charge on any atom is 0.254 e. The van der Waals surface area contributed by atoms with Gasteiger partial charge in [0.2, 0.25) is 0 Å². The molecule has 1 N–H and O–H groups in total. The van der Waals surface area contributed by atoms with E-state index in [-0.39, 0.29) is 25.2 Å². The topological polar surface area (TPSA) is 62.7 Å². The lowest BCUT2D eigenvalue weighted by atomic mass is 10.1. The van der Waals surface area contributed by atoms with Crippen LogP contribution in [0.4, 0.5) is 0 Å². The molecular weight excluding hydrogens is 455 g/mol. The van der Waals surface area contributed by atoms with Crippen molar-refractivity contribution in [3.63, 3.8) is 0 Å². The van der Waals surface area contributed by atoms with Crippen LogP contribution in [0.25, 0.3) is 0 Å². The Bertz CT molecular complexity index is 1020. The number of benzene rings is 2. The minimum atomic E-state index is -0.0978. The number of aliphatic hydroxyl groups is 1. The van der Waals surface area contributed by atoms with Crippen LogP contribution in [0, 0.1) is 0 Å². The Kier molecular flexibility index (Phi) is 8.32. The lowest BCUT2D eigenvalue weighted by Gasteiger charge is -2.29. The molecule has 5 nitrogen and oxygen atoms in total. The summed E-state index contributed by atoms with van der Waals surface area (Å²) in [6, 6.07) is 12.3. The summed E-state index contributed by atoms with van der Waals surface area (Å²) >= 11 is 13.7. The van der Waals surface area contributed by atoms with Gasteiger partial charge >= 0.3 is 0 Å². The SMILES string of the molecule is CC[C@H](C)N(Cc1cc(Cl)ccc1OCc1nc(CO)cs1)C(=O)c1ccc(Cl)cc1. The number of ether oxygens (including phenoxy) is 1. The molecule has 1 amide bonds. The fourth-order valence-electron chi connectivity index (χ4n) is 3.03. The number of rotatable bonds is 9. The number of aliphatic hydroxyl groups excluding tert-OH is 1. The summed E-state index contributed by atoms with van der Waals surface area (Å²) in [5, 5.41) is 12.9. The first kappa shape index (κ1) is 23.5. The van der Waals surface area contributed by atoms with E-state index in [0.29, 0.717) is 33.6 Å². The molecule has 1 aromatic heterocycles. The van der Waals surface area contributed by atoms with Crippen LogP contribution in [0.15, 0.2) is 47.8 Å². The van der Waals surface area contributed by atoms with E-state index < -0.39 is 0 Å². The molecule has 0 aliphatic carbocycles. The fourth-order valence-corrected chi connectivity index (χ4v) is 4.05. The standard InChI is InChI=1S/C23H24Cl2N2O3S/c1-3-15(2)27(23(29)16-4-6-18(24)7-5-16)11-17-10-19(25)8-9-21(17)30-13-22-26-20(12-28)14-31-22/h4-10,14-15,28H,3,11-13H2,1-2H3/t15-/m0/s1. The predicted octanol–water partition coefficient (Wildman–Crippen LogP) is 5.96. The van der Waals surface area contributed by atoms with E-state index >= 15 is 0 Å². The number of carbonyl (C=O) groups is 1. The second-order valence-corrected chi connectivity index (χ2v) is 8.94. The first-order valence-electron chi connectivity index (χ1n) is 9.93. The number of amides is 1. The second kappa shape index (κ2) is 11.0. The second-order valence-electron chi connectivity index (χ2n) is 7.13. The summed E-state index contributed by atoms with van der Waals surface area (Å²) in [6.45, 7) is 4.59. The van der Waals surface area contributed by atoms with Gasteiger partial charge in [0.05, 0.1) is 12.3 Å². The summed E-state index contributed by atoms with van der Waals surface area (Å²) < 4.78 is 6.00. The van der Waals surface area contributed by atoms with Crippen LogP contribution >= 0.6 is 34.5 Å². The zero-order valence-corrected chi connectivity index (χ0v) is 19.7. The first-order chi connectivity index (χ1) is 14.9. The third kappa shape index (κ3) is 6.20. The Morgan fingerprint density at radius 3 is 2.55 bits per heavy atom. The Morgan fingerprint density at radius 2 is 1.90 bits per heavy atom. The molecule has 3 aromatic rings. The highest BCUT2D eigenvalue weighted by molar-refractivity contribution is 7.09. The van der Waals surface area contributed by atoms with Crippen molar-refractivity contribution in [2.75, 3.05) is 0 Å². The van der Waals surface area contributed by atoms with Gasteiger partial charge in [-0.1, -0.05) is 30.1 Å². The molecule has 8 heteroatoms. The number of nitrogens with zero attached hydrogens (tertiary/aromatic N) is 2. The van der Waals surface area contributed by atoms with Crippen LogP contribution in [-0.2, 0) is 19.8 Å². The van der Waals surface area contributed by atoms with Crippen molar-refractivity contribution in [1.82, 2.24) is 9.88 Å². The maximum atomic E-state index is 13.2. The van der Waals surface area contributed by atoms with E-state index in [1.807, 2.05) is 24.8 Å². The first-order valence-corrected chi connectivity index (χ1v) is 11.6. The van der Waals surface area contributed by atoms with Crippen LogP contribution in [0.3, 0.4) is 0 Å². The number of hydrogen-bond donors (Lipinski definition) is 1. The molecule has 0 bridgehead atoms. The van der Waals surface area contributed by atoms with Crippen LogP contribution in [-0.4, -0.2) is 26.9 Å². The molecule has 1 atom stereocenters. The van der Waals surface area contributed by atoms with E-state index in [4.69, 9.17) is 27.9 Å². The predicted molar refractivity (Wildman–Crippen MR) is 125 cm³/mol. The van der Waals surface area contributed by atoms with Crippen LogP contribution in [0.1, 0.15) is 46.9 Å². The van der Waals surface area contributed by atoms with Crippen molar-refractivity contribution in [3.05, 3.63) is 79.7 Å². The maximum absolute atomic E-state index is 13.2. The zero-order valence-electron chi connectivity index (χ0n) is 17.3. The van der Waals surface area contributed by atoms with Gasteiger partial charge in [-0.2, -0.15) is 0 Å². The number of hydrogen-bond acceptors (Lipinski definition) is 5. The molecule has 0 unspecified atom stereocenters. The van der Waals surface area contributed by atoms with Crippen molar-refractivity contribution < 1.29 is 14.6 Å². The number of carbonyl (C=O) groups excluding carboxylic acids is 1. The highest BCUT2D eigenvalue weighted by Crippen LogP contribution is 2.27. The minimum Gasteiger partial charge on any atom is -0.486 e. The van der Waals surface area contributed by atoms with Gasteiger partial charge in [-0.05, 0) is 55.8 Å². The lowest BCUT2D eigenvalue weighted by molar-refractivity contribution is 0.0669. The smallest absolute Gasteiger partial charge is 0.254 e. The Morgan fingerprint density at radius 1 is 1.19 bits per heavy atom. The average Bonchev–Trinajstić information content (AvgIpc) is 3.24. The molecule has 0 saturated carbocycles. The minimum absolute atomic E-state index is 0.0149. The zero-order chi connectivity index (χ0) is 22.4. The van der Waals surface area contributed by atoms with Crippen LogP contribution in [0.2, 0.25) is 10.0 Å². The summed E-state index contributed by atoms with van der Waals surface area (Å²) in [5.41, 5.74) is 2.01. The largest absolute Gasteiger partial charge is 0.486 e. The van der Waals surface area contributed by atoms with Crippen molar-refractivity contribution >= 4 is 40.4 Å². The van der Waals surface area contributed by atoms with Crippen LogP contribution in [0.5, 0.6) is 5.75 Å². The van der Waals surface area contributed by atoms with E-state index in [0.717, 1.165) is 17.0 Å². The monoisotopic (exact) mass is 478 g/mol. The molecular formula is C23H24Cl2N2O3S. The van der Waals surface area contributed by atoms with Gasteiger partial charge in [-0.3, -0.25) is 4.79 Å². The number of aromatic nitrogens is 1. The molecule has 164 valence electrons. The van der Waals surface area contributed by atoms with E-state index in [1.165, 1.54) is 11.3 Å². The number of halogens is 2. The van der Waals surface area contributed by atoms with Gasteiger partial charge in [0.1, 0.15) is 17.4 Å². The van der Waals surface area contributed by atoms with Gasteiger partial charge in [0.15, 0.2) is 0 Å². The van der Waals surface area contributed by atoms with E-state index in [9.17, 15) is 9.90 Å². The summed E-state index contributed by atoms with van der Waals surface area (Å²) in [7, 11) is 0. The molecule has 31 heavy (non-hydrogen) atoms. The summed E-state index contributed by atoms with van der Waals surface area (Å²) in [6.07, 6.45) is 0.805. The van der Waals surface area contributed by atoms with Crippen LogP contribution < -0.4 is 4.74 Å². The molecule has 0 saturated heterocycles. The quantitative estimate of drug-likeness (QED) is 0.411. The molecule has 1 heterocycles. The van der Waals surface area contributed by atoms with Gasteiger partial charge in [0, 0.05) is 39.1 Å². The van der Waals surface area contributed by atoms with Gasteiger partial charge < -0.3 is 14.7 Å². The highest BCUT2D eigenvalue weighted by Gasteiger charge is 2.22. The lowest BCUT2D eigenvalue weighted by Crippen LogP contribution is -2.37. The molecule has 2 aromatic carbocycles.